The first-order valence-corrected chi connectivity index (χ1v) is 11.5. The normalized spacial score (nSPS) is 10.8. The largest absolute Gasteiger partial charge is 0.476 e. The monoisotopic (exact) mass is 547 g/mol. The van der Waals surface area contributed by atoms with E-state index in [1.165, 1.54) is 28.1 Å². The van der Waals surface area contributed by atoms with Crippen LogP contribution in [0.3, 0.4) is 0 Å². The molecule has 6 aromatic rings. The molecule has 0 radical (unpaired) electrons. The standard InChI is InChI=1S/C12H8ClN5O.C12H7ClN4O2/c13-9-5-10(16-6-15-9)18-8-4-2-1-3-7(8)11(17-18)12(14)19;13-9-5-10(15-6-14-9)17-8-4-2-1-3-7(8)11(16-17)12(18)19/h1-6H,(H2,14,19);1-6H,(H,18,19). The average Bonchev–Trinajstić information content (AvgIpc) is 3.49. The minimum Gasteiger partial charge on any atom is -0.476 e. The topological polar surface area (TPSA) is 168 Å². The summed E-state index contributed by atoms with van der Waals surface area (Å²) in [5.41, 5.74) is 6.88. The number of nitrogens with two attached hydrogens (primary N) is 1. The lowest BCUT2D eigenvalue weighted by Gasteiger charge is -2.01. The number of benzene rings is 2. The van der Waals surface area contributed by atoms with Crippen LogP contribution in [0, 0.1) is 0 Å². The second-order valence-electron chi connectivity index (χ2n) is 7.62. The number of para-hydroxylation sites is 2. The van der Waals surface area contributed by atoms with Crippen LogP contribution in [-0.4, -0.2) is 56.5 Å². The van der Waals surface area contributed by atoms with E-state index in [9.17, 15) is 9.59 Å². The van der Waals surface area contributed by atoms with Gasteiger partial charge in [0.25, 0.3) is 5.91 Å². The average molecular weight is 548 g/mol. The highest BCUT2D eigenvalue weighted by Crippen LogP contribution is 2.23. The van der Waals surface area contributed by atoms with Gasteiger partial charge in [-0.05, 0) is 12.1 Å². The van der Waals surface area contributed by atoms with E-state index in [1.54, 1.807) is 36.4 Å². The molecular weight excluding hydrogens is 533 g/mol. The number of carboxylic acid groups (broad SMARTS) is 1. The number of aromatic nitrogens is 8. The third-order valence-electron chi connectivity index (χ3n) is 5.28. The van der Waals surface area contributed by atoms with Crippen LogP contribution in [0.1, 0.15) is 21.0 Å². The lowest BCUT2D eigenvalue weighted by Crippen LogP contribution is -2.12. The third kappa shape index (κ3) is 4.73. The second-order valence-corrected chi connectivity index (χ2v) is 8.40. The highest BCUT2D eigenvalue weighted by Gasteiger charge is 2.18. The Labute approximate surface area is 223 Å². The van der Waals surface area contributed by atoms with Gasteiger partial charge in [0.15, 0.2) is 23.0 Å². The first kappa shape index (κ1) is 24.7. The van der Waals surface area contributed by atoms with Crippen LogP contribution in [-0.2, 0) is 0 Å². The van der Waals surface area contributed by atoms with E-state index < -0.39 is 11.9 Å². The Morgan fingerprint density at radius 3 is 1.61 bits per heavy atom. The molecule has 0 saturated carbocycles. The SMILES string of the molecule is NC(=O)c1nn(-c2cc(Cl)ncn2)c2ccccc12.O=C(O)c1nn(-c2cc(Cl)ncn2)c2ccccc12. The summed E-state index contributed by atoms with van der Waals surface area (Å²) in [6.07, 6.45) is 2.63. The Morgan fingerprint density at radius 2 is 1.16 bits per heavy atom. The lowest BCUT2D eigenvalue weighted by molar-refractivity contribution is 0.0691. The van der Waals surface area contributed by atoms with Gasteiger partial charge in [-0.15, -0.1) is 0 Å². The van der Waals surface area contributed by atoms with Crippen LogP contribution < -0.4 is 5.73 Å². The van der Waals surface area contributed by atoms with Gasteiger partial charge in [-0.3, -0.25) is 4.79 Å². The summed E-state index contributed by atoms with van der Waals surface area (Å²) in [4.78, 5) is 38.3. The summed E-state index contributed by atoms with van der Waals surface area (Å²) in [5, 5.41) is 19.2. The molecule has 0 aliphatic carbocycles. The van der Waals surface area contributed by atoms with Crippen LogP contribution in [0.25, 0.3) is 33.4 Å². The van der Waals surface area contributed by atoms with Gasteiger partial charge >= 0.3 is 5.97 Å². The van der Waals surface area contributed by atoms with Gasteiger partial charge in [0, 0.05) is 22.9 Å². The van der Waals surface area contributed by atoms with Crippen molar-refractivity contribution in [2.45, 2.75) is 0 Å². The third-order valence-corrected chi connectivity index (χ3v) is 5.70. The zero-order valence-corrected chi connectivity index (χ0v) is 20.6. The molecule has 0 aliphatic heterocycles. The number of primary amides is 1. The van der Waals surface area contributed by atoms with Gasteiger partial charge in [0.05, 0.1) is 11.0 Å². The number of aromatic carboxylic acids is 1. The van der Waals surface area contributed by atoms with Gasteiger partial charge in [-0.25, -0.2) is 34.1 Å². The predicted molar refractivity (Wildman–Crippen MR) is 139 cm³/mol. The molecule has 3 N–H and O–H groups in total. The Bertz CT molecular complexity index is 1700. The molecule has 188 valence electrons. The fourth-order valence-corrected chi connectivity index (χ4v) is 3.98. The molecule has 14 heteroatoms. The minimum atomic E-state index is -1.09. The molecule has 38 heavy (non-hydrogen) atoms. The summed E-state index contributed by atoms with van der Waals surface area (Å²) in [6.45, 7) is 0. The number of amides is 1. The zero-order chi connectivity index (χ0) is 26.8. The van der Waals surface area contributed by atoms with Crippen molar-refractivity contribution in [3.05, 3.63) is 95.0 Å². The number of nitrogens with zero attached hydrogens (tertiary/aromatic N) is 8. The summed E-state index contributed by atoms with van der Waals surface area (Å²) in [5.74, 6) is -0.780. The van der Waals surface area contributed by atoms with Gasteiger partial charge < -0.3 is 10.8 Å². The number of halogens is 2. The van der Waals surface area contributed by atoms with Gasteiger partial charge in [0.2, 0.25) is 0 Å². The number of carbonyl (C=O) groups excluding carboxylic acids is 1. The number of carboxylic acids is 1. The molecule has 4 aromatic heterocycles. The van der Waals surface area contributed by atoms with Crippen molar-refractivity contribution in [2.75, 3.05) is 0 Å². The van der Waals surface area contributed by atoms with Crippen molar-refractivity contribution in [1.82, 2.24) is 39.5 Å². The van der Waals surface area contributed by atoms with Crippen LogP contribution in [0.5, 0.6) is 0 Å². The minimum absolute atomic E-state index is 0.0228. The Kier molecular flexibility index (Phi) is 6.64. The van der Waals surface area contributed by atoms with E-state index in [1.807, 2.05) is 18.2 Å². The van der Waals surface area contributed by atoms with Crippen LogP contribution >= 0.6 is 23.2 Å². The number of hydrogen-bond donors (Lipinski definition) is 2. The van der Waals surface area contributed by atoms with Gasteiger partial charge in [-0.1, -0.05) is 59.6 Å². The van der Waals surface area contributed by atoms with Crippen molar-refractivity contribution < 1.29 is 14.7 Å². The number of carbonyl (C=O) groups is 2. The fraction of sp³-hybridized carbons (Fsp3) is 0. The van der Waals surface area contributed by atoms with Crippen molar-refractivity contribution in [3.8, 4) is 11.6 Å². The second kappa shape index (κ2) is 10.2. The molecule has 0 atom stereocenters. The molecule has 0 saturated heterocycles. The maximum Gasteiger partial charge on any atom is 0.357 e. The van der Waals surface area contributed by atoms with E-state index in [4.69, 9.17) is 34.0 Å². The van der Waals surface area contributed by atoms with E-state index >= 15 is 0 Å². The molecule has 0 aliphatic rings. The van der Waals surface area contributed by atoms with Gasteiger partial charge in [0.1, 0.15) is 23.0 Å². The lowest BCUT2D eigenvalue weighted by atomic mass is 10.2. The molecule has 0 unspecified atom stereocenters. The molecular formula is C24H15Cl2N9O3. The molecule has 12 nitrogen and oxygen atoms in total. The maximum atomic E-state index is 11.4. The van der Waals surface area contributed by atoms with E-state index in [2.05, 4.69) is 30.1 Å². The first-order valence-electron chi connectivity index (χ1n) is 10.8. The molecule has 1 amide bonds. The molecule has 4 heterocycles. The van der Waals surface area contributed by atoms with Crippen molar-refractivity contribution >= 4 is 56.9 Å². The quantitative estimate of drug-likeness (QED) is 0.312. The Morgan fingerprint density at radius 1 is 0.711 bits per heavy atom. The summed E-state index contributed by atoms with van der Waals surface area (Å²) >= 11 is 11.6. The molecule has 6 rings (SSSR count). The van der Waals surface area contributed by atoms with E-state index in [0.29, 0.717) is 33.1 Å². The fourth-order valence-electron chi connectivity index (χ4n) is 3.70. The van der Waals surface area contributed by atoms with Crippen molar-refractivity contribution in [2.24, 2.45) is 5.73 Å². The van der Waals surface area contributed by atoms with E-state index in [-0.39, 0.29) is 16.5 Å². The number of fused-ring (bicyclic) bond motifs is 2. The summed E-state index contributed by atoms with van der Waals surface area (Å²) in [6, 6.07) is 17.4. The first-order chi connectivity index (χ1) is 18.3. The highest BCUT2D eigenvalue weighted by atomic mass is 35.5. The molecule has 2 aromatic carbocycles. The molecule has 0 fully saturated rings. The molecule has 0 bridgehead atoms. The predicted octanol–water partition coefficient (Wildman–Crippen LogP) is 3.73. The summed E-state index contributed by atoms with van der Waals surface area (Å²) < 4.78 is 2.95. The maximum absolute atomic E-state index is 11.4. The van der Waals surface area contributed by atoms with Crippen LogP contribution in [0.2, 0.25) is 10.3 Å². The smallest absolute Gasteiger partial charge is 0.357 e. The highest BCUT2D eigenvalue weighted by molar-refractivity contribution is 6.29. The Balaban J connectivity index is 0.000000155. The Hall–Kier alpha value is -4.94. The van der Waals surface area contributed by atoms with Gasteiger partial charge in [-0.2, -0.15) is 10.2 Å². The number of hydrogen-bond acceptors (Lipinski definition) is 8. The van der Waals surface area contributed by atoms with Crippen LogP contribution in [0.4, 0.5) is 0 Å². The zero-order valence-electron chi connectivity index (χ0n) is 19.1. The van der Waals surface area contributed by atoms with Crippen LogP contribution in [0.15, 0.2) is 73.3 Å². The number of rotatable bonds is 4. The van der Waals surface area contributed by atoms with Crippen molar-refractivity contribution in [3.63, 3.8) is 0 Å². The van der Waals surface area contributed by atoms with Crippen molar-refractivity contribution in [1.29, 1.82) is 0 Å². The summed E-state index contributed by atoms with van der Waals surface area (Å²) in [7, 11) is 0. The molecule has 0 spiro atoms. The van der Waals surface area contributed by atoms with E-state index in [0.717, 1.165) is 5.52 Å².